The normalized spacial score (nSPS) is 15.6. The smallest absolute Gasteiger partial charge is 0.239 e. The van der Waals surface area contributed by atoms with Crippen molar-refractivity contribution in [1.29, 1.82) is 0 Å². The van der Waals surface area contributed by atoms with E-state index >= 15 is 0 Å². The lowest BCUT2D eigenvalue weighted by molar-refractivity contribution is -0.120. The number of rotatable bonds is 7. The molecule has 1 aliphatic carbocycles. The summed E-state index contributed by atoms with van der Waals surface area (Å²) in [6, 6.07) is 7.43. The highest BCUT2D eigenvalue weighted by Gasteiger charge is 2.25. The van der Waals surface area contributed by atoms with E-state index in [0.29, 0.717) is 19.0 Å². The summed E-state index contributed by atoms with van der Waals surface area (Å²) >= 11 is 0. The van der Waals surface area contributed by atoms with Gasteiger partial charge in [-0.3, -0.25) is 4.79 Å². The summed E-state index contributed by atoms with van der Waals surface area (Å²) in [5.41, 5.74) is 15.8. The van der Waals surface area contributed by atoms with Crippen LogP contribution in [-0.2, 0) is 4.79 Å². The predicted octanol–water partition coefficient (Wildman–Crippen LogP) is 1.99. The van der Waals surface area contributed by atoms with E-state index in [-0.39, 0.29) is 0 Å². The molecule has 1 amide bonds. The first-order valence-electron chi connectivity index (χ1n) is 6.36. The molecule has 1 fully saturated rings. The molecule has 0 radical (unpaired) electrons. The summed E-state index contributed by atoms with van der Waals surface area (Å²) in [7, 11) is 0. The van der Waals surface area contributed by atoms with Gasteiger partial charge in [-0.2, -0.15) is 0 Å². The maximum atomic E-state index is 11.5. The number of carbonyl (C=O) groups is 1. The third kappa shape index (κ3) is 3.71. The average molecular weight is 259 g/mol. The lowest BCUT2D eigenvalue weighted by Gasteiger charge is -2.16. The third-order valence-corrected chi connectivity index (χ3v) is 3.20. The van der Waals surface area contributed by atoms with Crippen LogP contribution in [0.1, 0.15) is 35.9 Å². The van der Waals surface area contributed by atoms with Crippen LogP contribution >= 0.6 is 0 Å². The van der Waals surface area contributed by atoms with Crippen molar-refractivity contribution in [1.82, 2.24) is 5.32 Å². The maximum absolute atomic E-state index is 11.5. The van der Waals surface area contributed by atoms with Crippen LogP contribution in [0.5, 0.6) is 0 Å². The van der Waals surface area contributed by atoms with Gasteiger partial charge in [-0.05, 0) is 35.4 Å². The standard InChI is InChI=1S/C13H17N5O/c14-13(19)12(16-6-7-17-18-15)11-3-1-2-10(8-11)9-4-5-9/h1-3,8-9,12,16H,4-7H2,(H2,14,19). The maximum Gasteiger partial charge on any atom is 0.239 e. The second kappa shape index (κ2) is 6.22. The molecule has 0 spiro atoms. The van der Waals surface area contributed by atoms with Gasteiger partial charge in [-0.15, -0.1) is 0 Å². The third-order valence-electron chi connectivity index (χ3n) is 3.20. The molecular formula is C13H17N5O. The van der Waals surface area contributed by atoms with Crippen molar-refractivity contribution >= 4 is 5.91 Å². The Balaban J connectivity index is 2.06. The van der Waals surface area contributed by atoms with Crippen LogP contribution in [0.25, 0.3) is 10.4 Å². The molecule has 0 bridgehead atoms. The minimum absolute atomic E-state index is 0.294. The fourth-order valence-corrected chi connectivity index (χ4v) is 2.10. The zero-order valence-electron chi connectivity index (χ0n) is 10.6. The molecule has 6 heteroatoms. The van der Waals surface area contributed by atoms with E-state index in [9.17, 15) is 4.79 Å². The number of carbonyl (C=O) groups excluding carboxylic acids is 1. The number of hydrogen-bond acceptors (Lipinski definition) is 3. The van der Waals surface area contributed by atoms with Crippen LogP contribution in [0.3, 0.4) is 0 Å². The van der Waals surface area contributed by atoms with Gasteiger partial charge in [0.15, 0.2) is 0 Å². The first kappa shape index (κ1) is 13.4. The molecule has 1 saturated carbocycles. The van der Waals surface area contributed by atoms with Crippen LogP contribution in [0.15, 0.2) is 29.4 Å². The summed E-state index contributed by atoms with van der Waals surface area (Å²) in [5, 5.41) is 6.44. The highest BCUT2D eigenvalue weighted by atomic mass is 16.1. The van der Waals surface area contributed by atoms with Gasteiger partial charge in [0.25, 0.3) is 0 Å². The van der Waals surface area contributed by atoms with Gasteiger partial charge >= 0.3 is 0 Å². The van der Waals surface area contributed by atoms with Gasteiger partial charge in [0, 0.05) is 18.0 Å². The molecule has 0 saturated heterocycles. The Labute approximate surface area is 111 Å². The fourth-order valence-electron chi connectivity index (χ4n) is 2.10. The van der Waals surface area contributed by atoms with E-state index in [0.717, 1.165) is 5.56 Å². The largest absolute Gasteiger partial charge is 0.368 e. The monoisotopic (exact) mass is 259 g/mol. The van der Waals surface area contributed by atoms with E-state index in [1.54, 1.807) is 0 Å². The van der Waals surface area contributed by atoms with Crippen molar-refractivity contribution in [2.45, 2.75) is 24.8 Å². The summed E-state index contributed by atoms with van der Waals surface area (Å²) in [6.45, 7) is 0.716. The summed E-state index contributed by atoms with van der Waals surface area (Å²) in [6.07, 6.45) is 2.43. The van der Waals surface area contributed by atoms with Crippen molar-refractivity contribution < 1.29 is 4.79 Å². The molecule has 1 atom stereocenters. The lowest BCUT2D eigenvalue weighted by Crippen LogP contribution is -2.35. The molecule has 1 unspecified atom stereocenters. The molecule has 0 aromatic heterocycles. The molecule has 19 heavy (non-hydrogen) atoms. The Kier molecular flexibility index (Phi) is 4.39. The highest BCUT2D eigenvalue weighted by Crippen LogP contribution is 2.40. The first-order chi connectivity index (χ1) is 9.22. The van der Waals surface area contributed by atoms with Crippen LogP contribution < -0.4 is 11.1 Å². The average Bonchev–Trinajstić information content (AvgIpc) is 3.23. The van der Waals surface area contributed by atoms with Crippen molar-refractivity contribution in [3.63, 3.8) is 0 Å². The van der Waals surface area contributed by atoms with Crippen molar-refractivity contribution in [2.75, 3.05) is 13.1 Å². The lowest BCUT2D eigenvalue weighted by atomic mass is 10.0. The number of nitrogens with zero attached hydrogens (tertiary/aromatic N) is 3. The predicted molar refractivity (Wildman–Crippen MR) is 72.4 cm³/mol. The molecule has 1 aliphatic rings. The number of nitrogens with two attached hydrogens (primary N) is 1. The Morgan fingerprint density at radius 2 is 2.37 bits per heavy atom. The van der Waals surface area contributed by atoms with Crippen molar-refractivity contribution in [2.24, 2.45) is 10.8 Å². The van der Waals surface area contributed by atoms with Crippen LogP contribution in [0.2, 0.25) is 0 Å². The molecule has 1 aromatic carbocycles. The summed E-state index contributed by atoms with van der Waals surface area (Å²) in [4.78, 5) is 14.2. The molecule has 2 rings (SSSR count). The van der Waals surface area contributed by atoms with Gasteiger partial charge in [0.1, 0.15) is 6.04 Å². The first-order valence-corrected chi connectivity index (χ1v) is 6.36. The molecule has 6 nitrogen and oxygen atoms in total. The summed E-state index contributed by atoms with van der Waals surface area (Å²) < 4.78 is 0. The van der Waals surface area contributed by atoms with Gasteiger partial charge < -0.3 is 11.1 Å². The van der Waals surface area contributed by atoms with Gasteiger partial charge in [-0.1, -0.05) is 29.4 Å². The Morgan fingerprint density at radius 1 is 1.58 bits per heavy atom. The zero-order chi connectivity index (χ0) is 13.7. The summed E-state index contributed by atoms with van der Waals surface area (Å²) in [5.74, 6) is 0.213. The van der Waals surface area contributed by atoms with Gasteiger partial charge in [0.2, 0.25) is 5.91 Å². The van der Waals surface area contributed by atoms with E-state index in [1.807, 2.05) is 18.2 Å². The number of primary amides is 1. The Bertz CT molecular complexity index is 506. The Hall–Kier alpha value is -2.04. The number of hydrogen-bond donors (Lipinski definition) is 2. The zero-order valence-corrected chi connectivity index (χ0v) is 10.6. The Morgan fingerprint density at radius 3 is 3.00 bits per heavy atom. The van der Waals surface area contributed by atoms with E-state index in [1.165, 1.54) is 18.4 Å². The second-order valence-electron chi connectivity index (χ2n) is 4.69. The van der Waals surface area contributed by atoms with Crippen LogP contribution in [0, 0.1) is 0 Å². The molecule has 100 valence electrons. The molecule has 3 N–H and O–H groups in total. The number of amides is 1. The van der Waals surface area contributed by atoms with Crippen molar-refractivity contribution in [3.8, 4) is 0 Å². The fraction of sp³-hybridized carbons (Fsp3) is 0.462. The molecule has 0 aliphatic heterocycles. The van der Waals surface area contributed by atoms with Gasteiger partial charge in [0.05, 0.1) is 0 Å². The van der Waals surface area contributed by atoms with Crippen molar-refractivity contribution in [3.05, 3.63) is 45.8 Å². The topological polar surface area (TPSA) is 104 Å². The highest BCUT2D eigenvalue weighted by molar-refractivity contribution is 5.81. The molecular weight excluding hydrogens is 242 g/mol. The van der Waals surface area contributed by atoms with E-state index < -0.39 is 11.9 Å². The van der Waals surface area contributed by atoms with Crippen LogP contribution in [0.4, 0.5) is 0 Å². The van der Waals surface area contributed by atoms with Gasteiger partial charge in [-0.25, -0.2) is 0 Å². The number of azide groups is 1. The molecule has 1 aromatic rings. The van der Waals surface area contributed by atoms with E-state index in [2.05, 4.69) is 21.4 Å². The van der Waals surface area contributed by atoms with E-state index in [4.69, 9.17) is 11.3 Å². The second-order valence-corrected chi connectivity index (χ2v) is 4.69. The minimum Gasteiger partial charge on any atom is -0.368 e. The number of nitrogens with one attached hydrogen (secondary N) is 1. The quantitative estimate of drug-likeness (QED) is 0.338. The van der Waals surface area contributed by atoms with Crippen LogP contribution in [-0.4, -0.2) is 19.0 Å². The minimum atomic E-state index is -0.535. The SMILES string of the molecule is [N-]=[N+]=NCCNC(C(N)=O)c1cccc(C2CC2)c1. The molecule has 0 heterocycles. The number of benzene rings is 1.